The Labute approximate surface area is 153 Å². The van der Waals surface area contributed by atoms with Crippen LogP contribution in [0.5, 0.6) is 0 Å². The van der Waals surface area contributed by atoms with Gasteiger partial charge in [0.15, 0.2) is 0 Å². The number of carbonyl (C=O) groups excluding carboxylic acids is 2. The van der Waals surface area contributed by atoms with Gasteiger partial charge >= 0.3 is 0 Å². The molecule has 6 heteroatoms. The Hall–Kier alpha value is -1.95. The summed E-state index contributed by atoms with van der Waals surface area (Å²) >= 11 is 0. The van der Waals surface area contributed by atoms with Crippen molar-refractivity contribution in [3.63, 3.8) is 0 Å². The molecule has 2 amide bonds. The van der Waals surface area contributed by atoms with Crippen LogP contribution >= 0.6 is 0 Å². The average Bonchev–Trinajstić information content (AvgIpc) is 3.06. The third kappa shape index (κ3) is 4.61. The van der Waals surface area contributed by atoms with Crippen LogP contribution in [-0.2, 0) is 14.3 Å². The minimum Gasteiger partial charge on any atom is -0.378 e. The molecule has 0 radical (unpaired) electrons. The van der Waals surface area contributed by atoms with Gasteiger partial charge in [0.1, 0.15) is 5.82 Å². The molecule has 3 rings (SSSR count). The number of nitrogens with one attached hydrogen (secondary N) is 1. The number of anilines is 1. The molecule has 0 unspecified atom stereocenters. The van der Waals surface area contributed by atoms with E-state index in [0.29, 0.717) is 44.8 Å². The van der Waals surface area contributed by atoms with Crippen LogP contribution in [0.15, 0.2) is 18.2 Å². The second kappa shape index (κ2) is 8.16. The van der Waals surface area contributed by atoms with Crippen molar-refractivity contribution in [2.75, 3.05) is 31.6 Å². The number of ether oxygens (including phenoxy) is 1. The smallest absolute Gasteiger partial charge is 0.224 e. The van der Waals surface area contributed by atoms with Crippen LogP contribution in [0.25, 0.3) is 0 Å². The molecule has 0 atom stereocenters. The largest absolute Gasteiger partial charge is 0.378 e. The van der Waals surface area contributed by atoms with Gasteiger partial charge in [-0.2, -0.15) is 0 Å². The van der Waals surface area contributed by atoms with Gasteiger partial charge in [-0.3, -0.25) is 9.59 Å². The lowest BCUT2D eigenvalue weighted by atomic mass is 9.78. The van der Waals surface area contributed by atoms with Crippen LogP contribution in [0, 0.1) is 18.2 Å². The average molecular weight is 362 g/mol. The Morgan fingerprint density at radius 1 is 1.19 bits per heavy atom. The first-order valence-electron chi connectivity index (χ1n) is 9.39. The molecule has 142 valence electrons. The molecule has 2 fully saturated rings. The van der Waals surface area contributed by atoms with Gasteiger partial charge in [-0.05, 0) is 42.9 Å². The molecule has 1 aromatic carbocycles. The minimum absolute atomic E-state index is 0.116. The maximum atomic E-state index is 13.4. The predicted octanol–water partition coefficient (Wildman–Crippen LogP) is 3.27. The fourth-order valence-electron chi connectivity index (χ4n) is 4.05. The zero-order valence-corrected chi connectivity index (χ0v) is 15.4. The molecule has 1 saturated carbocycles. The molecule has 1 N–H and O–H groups in total. The molecule has 1 saturated heterocycles. The lowest BCUT2D eigenvalue weighted by molar-refractivity contribution is -0.138. The van der Waals surface area contributed by atoms with Crippen molar-refractivity contribution < 1.29 is 18.7 Å². The SMILES string of the molecule is Cc1ccc(F)cc1NC(=O)CC1(CC(=O)N2CCOCC2)CCCC1. The van der Waals surface area contributed by atoms with E-state index in [4.69, 9.17) is 4.74 Å². The minimum atomic E-state index is -0.371. The van der Waals surface area contributed by atoms with Crippen molar-refractivity contribution in [3.05, 3.63) is 29.6 Å². The molecule has 1 heterocycles. The number of hydrogen-bond donors (Lipinski definition) is 1. The van der Waals surface area contributed by atoms with E-state index in [0.717, 1.165) is 31.2 Å². The Kier molecular flexibility index (Phi) is 5.91. The third-order valence-electron chi connectivity index (χ3n) is 5.56. The van der Waals surface area contributed by atoms with E-state index in [-0.39, 0.29) is 23.0 Å². The second-order valence-corrected chi connectivity index (χ2v) is 7.56. The fourth-order valence-corrected chi connectivity index (χ4v) is 4.05. The molecular weight excluding hydrogens is 335 g/mol. The molecule has 0 spiro atoms. The van der Waals surface area contributed by atoms with E-state index in [1.807, 2.05) is 11.8 Å². The van der Waals surface area contributed by atoms with Crippen molar-refractivity contribution in [1.29, 1.82) is 0 Å². The van der Waals surface area contributed by atoms with E-state index in [1.54, 1.807) is 6.07 Å². The Morgan fingerprint density at radius 2 is 1.88 bits per heavy atom. The summed E-state index contributed by atoms with van der Waals surface area (Å²) in [4.78, 5) is 27.1. The van der Waals surface area contributed by atoms with Crippen LogP contribution in [0.4, 0.5) is 10.1 Å². The van der Waals surface area contributed by atoms with Crippen molar-refractivity contribution in [3.8, 4) is 0 Å². The highest BCUT2D eigenvalue weighted by Gasteiger charge is 2.39. The Bertz CT molecular complexity index is 665. The van der Waals surface area contributed by atoms with E-state index >= 15 is 0 Å². The second-order valence-electron chi connectivity index (χ2n) is 7.56. The Balaban J connectivity index is 1.64. The lowest BCUT2D eigenvalue weighted by Crippen LogP contribution is -2.43. The molecule has 1 aliphatic carbocycles. The van der Waals surface area contributed by atoms with Crippen molar-refractivity contribution in [1.82, 2.24) is 4.90 Å². The predicted molar refractivity (Wildman–Crippen MR) is 97.3 cm³/mol. The monoisotopic (exact) mass is 362 g/mol. The normalized spacial score (nSPS) is 19.4. The third-order valence-corrected chi connectivity index (χ3v) is 5.56. The van der Waals surface area contributed by atoms with Gasteiger partial charge in [-0.15, -0.1) is 0 Å². The molecular formula is C20H27FN2O3. The van der Waals surface area contributed by atoms with Gasteiger partial charge in [0.05, 0.1) is 13.2 Å². The highest BCUT2D eigenvalue weighted by atomic mass is 19.1. The van der Waals surface area contributed by atoms with Crippen LogP contribution in [0.3, 0.4) is 0 Å². The molecule has 1 aromatic rings. The zero-order valence-electron chi connectivity index (χ0n) is 15.4. The van der Waals surface area contributed by atoms with E-state index in [1.165, 1.54) is 12.1 Å². The first kappa shape index (κ1) is 18.8. The van der Waals surface area contributed by atoms with Crippen LogP contribution < -0.4 is 5.32 Å². The summed E-state index contributed by atoms with van der Waals surface area (Å²) in [6, 6.07) is 4.37. The van der Waals surface area contributed by atoms with Gasteiger partial charge in [-0.25, -0.2) is 4.39 Å². The van der Waals surface area contributed by atoms with Crippen LogP contribution in [0.1, 0.15) is 44.1 Å². The van der Waals surface area contributed by atoms with Crippen molar-refractivity contribution in [2.24, 2.45) is 5.41 Å². The first-order chi connectivity index (χ1) is 12.5. The van der Waals surface area contributed by atoms with Gasteiger partial charge in [0, 0.05) is 31.6 Å². The number of nitrogens with zero attached hydrogens (tertiary/aromatic N) is 1. The van der Waals surface area contributed by atoms with Gasteiger partial charge in [-0.1, -0.05) is 18.9 Å². The van der Waals surface area contributed by atoms with Crippen molar-refractivity contribution >= 4 is 17.5 Å². The molecule has 1 aliphatic heterocycles. The zero-order chi connectivity index (χ0) is 18.6. The highest BCUT2D eigenvalue weighted by Crippen LogP contribution is 2.44. The summed E-state index contributed by atoms with van der Waals surface area (Å²) in [5.41, 5.74) is 1.05. The first-order valence-corrected chi connectivity index (χ1v) is 9.39. The maximum Gasteiger partial charge on any atom is 0.224 e. The number of benzene rings is 1. The standard InChI is InChI=1S/C20H27FN2O3/c1-15-4-5-16(21)12-17(15)22-18(24)13-20(6-2-3-7-20)14-19(25)23-8-10-26-11-9-23/h4-5,12H,2-3,6-11,13-14H2,1H3,(H,22,24). The number of amides is 2. The summed E-state index contributed by atoms with van der Waals surface area (Å²) < 4.78 is 18.8. The summed E-state index contributed by atoms with van der Waals surface area (Å²) in [6.45, 7) is 4.26. The quantitative estimate of drug-likeness (QED) is 0.875. The van der Waals surface area contributed by atoms with Gasteiger partial charge < -0.3 is 15.0 Å². The summed E-state index contributed by atoms with van der Waals surface area (Å²) in [7, 11) is 0. The number of halogens is 1. The van der Waals surface area contributed by atoms with Crippen LogP contribution in [0.2, 0.25) is 0 Å². The molecule has 0 bridgehead atoms. The number of rotatable bonds is 5. The topological polar surface area (TPSA) is 58.6 Å². The highest BCUT2D eigenvalue weighted by molar-refractivity contribution is 5.92. The van der Waals surface area contributed by atoms with Crippen LogP contribution in [-0.4, -0.2) is 43.0 Å². The number of hydrogen-bond acceptors (Lipinski definition) is 3. The molecule has 0 aromatic heterocycles. The summed E-state index contributed by atoms with van der Waals surface area (Å²) in [6.07, 6.45) is 4.57. The maximum absolute atomic E-state index is 13.4. The summed E-state index contributed by atoms with van der Waals surface area (Å²) in [5.74, 6) is -0.399. The number of carbonyl (C=O) groups is 2. The molecule has 5 nitrogen and oxygen atoms in total. The van der Waals surface area contributed by atoms with Gasteiger partial charge in [0.25, 0.3) is 0 Å². The lowest BCUT2D eigenvalue weighted by Gasteiger charge is -2.33. The number of aryl methyl sites for hydroxylation is 1. The van der Waals surface area contributed by atoms with Crippen molar-refractivity contribution in [2.45, 2.75) is 45.4 Å². The fraction of sp³-hybridized carbons (Fsp3) is 0.600. The van der Waals surface area contributed by atoms with E-state index in [2.05, 4.69) is 5.32 Å². The molecule has 2 aliphatic rings. The number of morpholine rings is 1. The Morgan fingerprint density at radius 3 is 2.58 bits per heavy atom. The van der Waals surface area contributed by atoms with Gasteiger partial charge in [0.2, 0.25) is 11.8 Å². The molecule has 26 heavy (non-hydrogen) atoms. The summed E-state index contributed by atoms with van der Waals surface area (Å²) in [5, 5.41) is 2.83. The van der Waals surface area contributed by atoms with E-state index < -0.39 is 0 Å². The van der Waals surface area contributed by atoms with E-state index in [9.17, 15) is 14.0 Å².